The summed E-state index contributed by atoms with van der Waals surface area (Å²) < 4.78 is 11.4. The second-order valence-electron chi connectivity index (χ2n) is 11.3. The van der Waals surface area contributed by atoms with E-state index in [0.717, 1.165) is 16.0 Å². The zero-order chi connectivity index (χ0) is 34.8. The van der Waals surface area contributed by atoms with Gasteiger partial charge in [-0.15, -0.1) is 0 Å². The van der Waals surface area contributed by atoms with Crippen LogP contribution in [-0.4, -0.2) is 46.1 Å². The number of aromatic hydroxyl groups is 2. The Bertz CT molecular complexity index is 2310. The van der Waals surface area contributed by atoms with Crippen molar-refractivity contribution < 1.29 is 38.5 Å². The highest BCUT2D eigenvalue weighted by atomic mass is 32.2. The van der Waals surface area contributed by atoms with E-state index in [-0.39, 0.29) is 41.6 Å². The Balaban J connectivity index is 1.07. The first-order chi connectivity index (χ1) is 24.3. The molecule has 6 aromatic rings. The van der Waals surface area contributed by atoms with E-state index in [2.05, 4.69) is 10.6 Å². The molecule has 1 aliphatic rings. The highest BCUT2D eigenvalue weighted by Crippen LogP contribution is 2.43. The van der Waals surface area contributed by atoms with Crippen molar-refractivity contribution in [2.75, 3.05) is 18.5 Å². The van der Waals surface area contributed by atoms with Crippen LogP contribution >= 0.6 is 11.8 Å². The number of phenolic OH excluding ortho intramolecular Hbond substituents is 2. The number of ketones is 1. The Morgan fingerprint density at radius 3 is 2.20 bits per heavy atom. The molecule has 11 heteroatoms. The van der Waals surface area contributed by atoms with Crippen molar-refractivity contribution in [2.24, 2.45) is 0 Å². The summed E-state index contributed by atoms with van der Waals surface area (Å²) in [5.41, 5.74) is 4.11. The molecule has 10 nitrogen and oxygen atoms in total. The number of Topliss-reactive ketones (excluding diaryl/α,β-unsaturated/α-hetero) is 1. The summed E-state index contributed by atoms with van der Waals surface area (Å²) in [5, 5.41) is 34.9. The van der Waals surface area contributed by atoms with Gasteiger partial charge in [-0.05, 0) is 102 Å². The number of aliphatic hydroxyl groups is 1. The number of anilines is 1. The third-order valence-corrected chi connectivity index (χ3v) is 9.07. The van der Waals surface area contributed by atoms with Crippen molar-refractivity contribution in [3.63, 3.8) is 0 Å². The van der Waals surface area contributed by atoms with Crippen LogP contribution in [0.1, 0.15) is 36.8 Å². The van der Waals surface area contributed by atoms with Gasteiger partial charge in [0.15, 0.2) is 0 Å². The molecule has 0 radical (unpaired) electrons. The van der Waals surface area contributed by atoms with E-state index in [9.17, 15) is 24.6 Å². The molecular weight excluding hydrogens is 657 g/mol. The van der Waals surface area contributed by atoms with Crippen molar-refractivity contribution >= 4 is 41.1 Å². The third kappa shape index (κ3) is 6.55. The van der Waals surface area contributed by atoms with Gasteiger partial charge >= 0.3 is 0 Å². The lowest BCUT2D eigenvalue weighted by Crippen LogP contribution is -2.26. The minimum absolute atomic E-state index is 0.0446. The molecule has 3 heterocycles. The molecule has 0 unspecified atom stereocenters. The number of furan rings is 2. The normalized spacial score (nSPS) is 13.0. The van der Waals surface area contributed by atoms with Crippen LogP contribution in [0.25, 0.3) is 39.9 Å². The lowest BCUT2D eigenvalue weighted by atomic mass is 10.0. The summed E-state index contributed by atoms with van der Waals surface area (Å²) in [7, 11) is 0. The molecule has 5 N–H and O–H groups in total. The molecule has 0 saturated carbocycles. The minimum atomic E-state index is -0.526. The second-order valence-corrected chi connectivity index (χ2v) is 12.4. The summed E-state index contributed by atoms with van der Waals surface area (Å²) in [6.45, 7) is -0.175. The van der Waals surface area contributed by atoms with Crippen LogP contribution in [0.4, 0.5) is 5.69 Å². The number of amides is 2. The van der Waals surface area contributed by atoms with Crippen molar-refractivity contribution in [1.82, 2.24) is 5.32 Å². The van der Waals surface area contributed by atoms with Crippen LogP contribution in [0.2, 0.25) is 0 Å². The van der Waals surface area contributed by atoms with Crippen LogP contribution in [0, 0.1) is 0 Å². The molecule has 1 aliphatic heterocycles. The second kappa shape index (κ2) is 13.7. The van der Waals surface area contributed by atoms with E-state index < -0.39 is 11.8 Å². The lowest BCUT2D eigenvalue weighted by Gasteiger charge is -2.10. The lowest BCUT2D eigenvalue weighted by molar-refractivity contribution is 0.0941. The van der Waals surface area contributed by atoms with Gasteiger partial charge in [-0.25, -0.2) is 0 Å². The summed E-state index contributed by atoms with van der Waals surface area (Å²) in [4.78, 5) is 40.1. The zero-order valence-electron chi connectivity index (χ0n) is 26.2. The van der Waals surface area contributed by atoms with Gasteiger partial charge in [0.2, 0.25) is 5.78 Å². The average Bonchev–Trinajstić information content (AvgIpc) is 3.89. The molecule has 7 rings (SSSR count). The van der Waals surface area contributed by atoms with Crippen LogP contribution in [0.15, 0.2) is 128 Å². The van der Waals surface area contributed by atoms with Gasteiger partial charge in [-0.2, -0.15) is 0 Å². The Hall–Kier alpha value is -6.30. The SMILES string of the molecule is O=C(NCCO)c1cc(-c2ccc(/C=C3\Sc4cc(-c5cccc(NC(=O)c6cc(-c7ccco7)ccc6O)c5)ccc4C3=O)o2)ccc1O. The van der Waals surface area contributed by atoms with Crippen molar-refractivity contribution in [3.8, 4) is 45.3 Å². The standard InChI is InChI=1S/C39H28N2O8S/c42-15-14-40-38(46)29-19-25(8-12-31(29)43)34-13-9-27(49-34)21-36-37(45)28-10-6-23(20-35(28)50-36)22-3-1-4-26(17-22)41-39(47)30-18-24(7-11-32(30)44)33-5-2-16-48-33/h1-13,16-21,42-44H,14-15H2,(H,40,46)(H,41,47)/b36-21-. The molecule has 4 aromatic carbocycles. The van der Waals surface area contributed by atoms with Gasteiger partial charge < -0.3 is 34.8 Å². The van der Waals surface area contributed by atoms with Gasteiger partial charge in [0.1, 0.15) is 28.8 Å². The molecule has 0 atom stereocenters. The first-order valence-electron chi connectivity index (χ1n) is 15.5. The van der Waals surface area contributed by atoms with Gasteiger partial charge in [0.05, 0.1) is 28.9 Å². The van der Waals surface area contributed by atoms with E-state index in [4.69, 9.17) is 13.9 Å². The van der Waals surface area contributed by atoms with Crippen molar-refractivity contribution in [1.29, 1.82) is 0 Å². The molecule has 0 saturated heterocycles. The van der Waals surface area contributed by atoms with Crippen molar-refractivity contribution in [3.05, 3.63) is 137 Å². The molecule has 2 amide bonds. The number of thioether (sulfide) groups is 1. The molecular formula is C39H28N2O8S. The maximum atomic E-state index is 13.3. The number of carbonyl (C=O) groups excluding carboxylic acids is 3. The highest BCUT2D eigenvalue weighted by Gasteiger charge is 2.27. The number of fused-ring (bicyclic) bond motifs is 1. The van der Waals surface area contributed by atoms with E-state index in [1.54, 1.807) is 60.7 Å². The fraction of sp³-hybridized carbons (Fsp3) is 0.0513. The maximum absolute atomic E-state index is 13.3. The molecule has 0 bridgehead atoms. The Morgan fingerprint density at radius 2 is 1.46 bits per heavy atom. The molecule has 2 aromatic heterocycles. The van der Waals surface area contributed by atoms with Crippen LogP contribution in [0.3, 0.4) is 0 Å². The largest absolute Gasteiger partial charge is 0.507 e. The number of hydrogen-bond donors (Lipinski definition) is 5. The van der Waals surface area contributed by atoms with Crippen molar-refractivity contribution in [2.45, 2.75) is 4.90 Å². The molecule has 0 spiro atoms. The number of allylic oxidation sites excluding steroid dienone is 1. The van der Waals surface area contributed by atoms with E-state index in [0.29, 0.717) is 44.6 Å². The van der Waals surface area contributed by atoms with Crippen LogP contribution in [0.5, 0.6) is 11.5 Å². The molecule has 50 heavy (non-hydrogen) atoms. The molecule has 0 fully saturated rings. The van der Waals surface area contributed by atoms with Gasteiger partial charge in [0, 0.05) is 33.8 Å². The van der Waals surface area contributed by atoms with Crippen LogP contribution < -0.4 is 10.6 Å². The Morgan fingerprint density at radius 1 is 0.740 bits per heavy atom. The first kappa shape index (κ1) is 32.3. The first-order valence-corrected chi connectivity index (χ1v) is 16.3. The number of aliphatic hydroxyl groups excluding tert-OH is 1. The maximum Gasteiger partial charge on any atom is 0.259 e. The predicted octanol–water partition coefficient (Wildman–Crippen LogP) is 7.59. The summed E-state index contributed by atoms with van der Waals surface area (Å²) in [6, 6.07) is 29.0. The smallest absolute Gasteiger partial charge is 0.259 e. The number of carbonyl (C=O) groups is 3. The van der Waals surface area contributed by atoms with E-state index in [1.165, 1.54) is 36.2 Å². The zero-order valence-corrected chi connectivity index (χ0v) is 27.0. The Labute approximate surface area is 289 Å². The number of rotatable bonds is 9. The average molecular weight is 685 g/mol. The number of phenols is 2. The third-order valence-electron chi connectivity index (χ3n) is 7.99. The number of benzene rings is 4. The van der Waals surface area contributed by atoms with Gasteiger partial charge in [-0.1, -0.05) is 30.0 Å². The minimum Gasteiger partial charge on any atom is -0.507 e. The van der Waals surface area contributed by atoms with Gasteiger partial charge in [-0.3, -0.25) is 14.4 Å². The molecule has 248 valence electrons. The van der Waals surface area contributed by atoms with E-state index in [1.807, 2.05) is 30.3 Å². The number of hydrogen-bond acceptors (Lipinski definition) is 9. The van der Waals surface area contributed by atoms with Gasteiger partial charge in [0.25, 0.3) is 11.8 Å². The quantitative estimate of drug-likeness (QED) is 0.0966. The summed E-state index contributed by atoms with van der Waals surface area (Å²) in [5.74, 6) is -0.0467. The van der Waals surface area contributed by atoms with E-state index >= 15 is 0 Å². The topological polar surface area (TPSA) is 162 Å². The highest BCUT2D eigenvalue weighted by molar-refractivity contribution is 8.04. The fourth-order valence-corrected chi connectivity index (χ4v) is 6.58. The summed E-state index contributed by atoms with van der Waals surface area (Å²) in [6.07, 6.45) is 3.20. The monoisotopic (exact) mass is 684 g/mol. The molecule has 0 aliphatic carbocycles. The number of nitrogens with one attached hydrogen (secondary N) is 2. The predicted molar refractivity (Wildman–Crippen MR) is 189 cm³/mol. The Kier molecular flexibility index (Phi) is 8.82. The fourth-order valence-electron chi connectivity index (χ4n) is 5.51. The van der Waals surface area contributed by atoms with Crippen LogP contribution in [-0.2, 0) is 0 Å². The summed E-state index contributed by atoms with van der Waals surface area (Å²) >= 11 is 1.32.